The lowest BCUT2D eigenvalue weighted by Gasteiger charge is -2.34. The first-order valence-electron chi connectivity index (χ1n) is 7.99. The van der Waals surface area contributed by atoms with Crippen LogP contribution < -0.4 is 11.3 Å². The van der Waals surface area contributed by atoms with Crippen molar-refractivity contribution in [2.45, 2.75) is 32.4 Å². The fourth-order valence-corrected chi connectivity index (χ4v) is 3.74. The smallest absolute Gasteiger partial charge is 0.266 e. The van der Waals surface area contributed by atoms with Gasteiger partial charge in [0.2, 0.25) is 5.91 Å². The average Bonchev–Trinajstić information content (AvgIpc) is 2.85. The molecule has 0 aromatic carbocycles. The Bertz CT molecular complexity index is 833. The number of amides is 1. The van der Waals surface area contributed by atoms with E-state index in [2.05, 4.69) is 26.0 Å². The number of aromatic nitrogens is 4. The van der Waals surface area contributed by atoms with Crippen LogP contribution in [0.1, 0.15) is 19.8 Å². The van der Waals surface area contributed by atoms with E-state index in [0.29, 0.717) is 34.6 Å². The monoisotopic (exact) mass is 432 g/mol. The van der Waals surface area contributed by atoms with Crippen LogP contribution in [0.15, 0.2) is 15.7 Å². The molecule has 0 spiro atoms. The number of piperidine rings is 1. The van der Waals surface area contributed by atoms with Crippen molar-refractivity contribution in [2.75, 3.05) is 13.1 Å². The molecule has 3 heterocycles. The maximum Gasteiger partial charge on any atom is 0.266 e. The summed E-state index contributed by atoms with van der Waals surface area (Å²) in [5, 5.41) is 4.53. The normalized spacial score (nSPS) is 18.9. The number of carbonyl (C=O) groups is 1. The topological polar surface area (TPSA) is 99.0 Å². The van der Waals surface area contributed by atoms with Crippen molar-refractivity contribution in [1.29, 1.82) is 0 Å². The summed E-state index contributed by atoms with van der Waals surface area (Å²) in [5.74, 6) is 0.233. The zero-order valence-corrected chi connectivity index (χ0v) is 16.6. The molecule has 3 rings (SSSR count). The molecule has 1 aliphatic heterocycles. The highest BCUT2D eigenvalue weighted by molar-refractivity contribution is 9.10. The lowest BCUT2D eigenvalue weighted by molar-refractivity contribution is -0.133. The summed E-state index contributed by atoms with van der Waals surface area (Å²) in [6, 6.07) is 0.0627. The summed E-state index contributed by atoms with van der Waals surface area (Å²) < 4.78 is 3.31. The molecule has 2 aromatic heterocycles. The van der Waals surface area contributed by atoms with Crippen molar-refractivity contribution in [3.05, 3.63) is 21.3 Å². The number of halogens is 2. The zero-order valence-electron chi connectivity index (χ0n) is 14.2. The maximum atomic E-state index is 12.6. The van der Waals surface area contributed by atoms with Gasteiger partial charge in [-0.05, 0) is 41.6 Å². The quantitative estimate of drug-likeness (QED) is 0.775. The lowest BCUT2D eigenvalue weighted by Crippen LogP contribution is -2.46. The maximum absolute atomic E-state index is 12.6. The molecule has 25 heavy (non-hydrogen) atoms. The van der Waals surface area contributed by atoms with Crippen molar-refractivity contribution in [2.24, 2.45) is 18.7 Å². The minimum atomic E-state index is -0.269. The van der Waals surface area contributed by atoms with Crippen molar-refractivity contribution < 1.29 is 4.79 Å². The van der Waals surface area contributed by atoms with Gasteiger partial charge in [-0.2, -0.15) is 5.10 Å². The summed E-state index contributed by atoms with van der Waals surface area (Å²) in [6.07, 6.45) is 3.39. The van der Waals surface area contributed by atoms with E-state index < -0.39 is 0 Å². The SMILES string of the molecule is CC(N)C1CCCN(C(=O)Cn2cnc3c(c(Br)nn3C)c2=O)C1.Cl. The van der Waals surface area contributed by atoms with Gasteiger partial charge in [0.25, 0.3) is 5.56 Å². The summed E-state index contributed by atoms with van der Waals surface area (Å²) >= 11 is 3.27. The molecule has 0 aliphatic carbocycles. The molecule has 1 amide bonds. The number of carbonyl (C=O) groups excluding carboxylic acids is 1. The van der Waals surface area contributed by atoms with Gasteiger partial charge in [0.15, 0.2) is 5.65 Å². The molecule has 10 heteroatoms. The fraction of sp³-hybridized carbons (Fsp3) is 0.600. The van der Waals surface area contributed by atoms with Crippen LogP contribution in [0.5, 0.6) is 0 Å². The molecular formula is C15H22BrClN6O2. The molecule has 1 saturated heterocycles. The number of likely N-dealkylation sites (tertiary alicyclic amines) is 1. The van der Waals surface area contributed by atoms with Crippen LogP contribution in [0, 0.1) is 5.92 Å². The van der Waals surface area contributed by atoms with Crippen LogP contribution in [0.2, 0.25) is 0 Å². The second kappa shape index (κ2) is 7.84. The Labute approximate surface area is 159 Å². The third-order valence-electron chi connectivity index (χ3n) is 4.63. The van der Waals surface area contributed by atoms with Crippen molar-refractivity contribution in [3.8, 4) is 0 Å². The van der Waals surface area contributed by atoms with E-state index in [9.17, 15) is 9.59 Å². The number of fused-ring (bicyclic) bond motifs is 1. The number of aryl methyl sites for hydroxylation is 1. The molecule has 2 unspecified atom stereocenters. The zero-order chi connectivity index (χ0) is 17.4. The Kier molecular flexibility index (Phi) is 6.23. The van der Waals surface area contributed by atoms with E-state index in [-0.39, 0.29) is 36.5 Å². The molecule has 2 N–H and O–H groups in total. The minimum absolute atomic E-state index is 0. The van der Waals surface area contributed by atoms with Crippen molar-refractivity contribution >= 4 is 45.3 Å². The highest BCUT2D eigenvalue weighted by Gasteiger charge is 2.26. The van der Waals surface area contributed by atoms with Crippen LogP contribution in [0.3, 0.4) is 0 Å². The molecule has 138 valence electrons. The molecule has 2 aromatic rings. The number of rotatable bonds is 3. The Morgan fingerprint density at radius 3 is 2.92 bits per heavy atom. The first-order valence-corrected chi connectivity index (χ1v) is 8.78. The lowest BCUT2D eigenvalue weighted by atomic mass is 9.92. The molecule has 1 aliphatic rings. The van der Waals surface area contributed by atoms with Crippen molar-refractivity contribution in [1.82, 2.24) is 24.2 Å². The van der Waals surface area contributed by atoms with Crippen LogP contribution >= 0.6 is 28.3 Å². The highest BCUT2D eigenvalue weighted by Crippen LogP contribution is 2.19. The number of hydrogen-bond donors (Lipinski definition) is 1. The van der Waals surface area contributed by atoms with Gasteiger partial charge >= 0.3 is 0 Å². The van der Waals surface area contributed by atoms with E-state index in [1.54, 1.807) is 11.9 Å². The van der Waals surface area contributed by atoms with Gasteiger partial charge < -0.3 is 10.6 Å². The van der Waals surface area contributed by atoms with Crippen LogP contribution in [0.25, 0.3) is 11.0 Å². The van der Waals surface area contributed by atoms with Crippen molar-refractivity contribution in [3.63, 3.8) is 0 Å². The van der Waals surface area contributed by atoms with Crippen LogP contribution in [-0.2, 0) is 18.4 Å². The minimum Gasteiger partial charge on any atom is -0.341 e. The van der Waals surface area contributed by atoms with E-state index in [1.807, 2.05) is 6.92 Å². The van der Waals surface area contributed by atoms with Gasteiger partial charge in [0, 0.05) is 26.2 Å². The average molecular weight is 434 g/mol. The van der Waals surface area contributed by atoms with Gasteiger partial charge in [0.05, 0.1) is 0 Å². The Balaban J connectivity index is 0.00000225. The number of hydrogen-bond acceptors (Lipinski definition) is 5. The third-order valence-corrected chi connectivity index (χ3v) is 5.18. The largest absolute Gasteiger partial charge is 0.341 e. The van der Waals surface area contributed by atoms with Gasteiger partial charge in [0.1, 0.15) is 22.9 Å². The Hall–Kier alpha value is -1.45. The molecule has 0 saturated carbocycles. The predicted molar refractivity (Wildman–Crippen MR) is 101 cm³/mol. The van der Waals surface area contributed by atoms with E-state index in [1.165, 1.54) is 15.6 Å². The van der Waals surface area contributed by atoms with E-state index in [0.717, 1.165) is 12.8 Å². The third kappa shape index (κ3) is 3.88. The molecular weight excluding hydrogens is 412 g/mol. The van der Waals surface area contributed by atoms with Gasteiger partial charge in [-0.3, -0.25) is 14.2 Å². The van der Waals surface area contributed by atoms with E-state index >= 15 is 0 Å². The van der Waals surface area contributed by atoms with Gasteiger partial charge in [-0.15, -0.1) is 12.4 Å². The fourth-order valence-electron chi connectivity index (χ4n) is 3.16. The standard InChI is InChI=1S/C15H21BrN6O2.ClH/c1-9(17)10-4-3-5-21(6-10)11(23)7-22-8-18-14-12(15(22)24)13(16)19-20(14)2;/h8-10H,3-7,17H2,1-2H3;1H. The molecule has 0 bridgehead atoms. The summed E-state index contributed by atoms with van der Waals surface area (Å²) in [6.45, 7) is 3.32. The number of nitrogens with two attached hydrogens (primary N) is 1. The highest BCUT2D eigenvalue weighted by atomic mass is 79.9. The Morgan fingerprint density at radius 2 is 2.24 bits per heavy atom. The number of nitrogens with zero attached hydrogens (tertiary/aromatic N) is 5. The summed E-state index contributed by atoms with van der Waals surface area (Å²) in [4.78, 5) is 31.2. The second-order valence-electron chi connectivity index (χ2n) is 6.39. The van der Waals surface area contributed by atoms with Crippen LogP contribution in [0.4, 0.5) is 0 Å². The van der Waals surface area contributed by atoms with E-state index in [4.69, 9.17) is 5.73 Å². The Morgan fingerprint density at radius 1 is 1.52 bits per heavy atom. The molecule has 2 atom stereocenters. The molecule has 8 nitrogen and oxygen atoms in total. The molecule has 0 radical (unpaired) electrons. The predicted octanol–water partition coefficient (Wildman–Crippen LogP) is 0.900. The second-order valence-corrected chi connectivity index (χ2v) is 7.14. The summed E-state index contributed by atoms with van der Waals surface area (Å²) in [7, 11) is 1.72. The van der Waals surface area contributed by atoms with Crippen LogP contribution in [-0.4, -0.2) is 49.3 Å². The first kappa shape index (κ1) is 19.9. The first-order chi connectivity index (χ1) is 11.4. The van der Waals surface area contributed by atoms with Gasteiger partial charge in [-0.25, -0.2) is 9.67 Å². The summed E-state index contributed by atoms with van der Waals surface area (Å²) in [5.41, 5.74) is 6.19. The molecule has 1 fully saturated rings. The van der Waals surface area contributed by atoms with Gasteiger partial charge in [-0.1, -0.05) is 0 Å².